The van der Waals surface area contributed by atoms with Crippen molar-refractivity contribution in [3.05, 3.63) is 11.3 Å². The van der Waals surface area contributed by atoms with Gasteiger partial charge in [-0.3, -0.25) is 4.79 Å². The molecule has 0 saturated heterocycles. The topological polar surface area (TPSA) is 26.3 Å². The zero-order chi connectivity index (χ0) is 9.68. The first-order chi connectivity index (χ1) is 6.25. The largest absolute Gasteiger partial charge is 0.497 e. The van der Waals surface area contributed by atoms with E-state index in [2.05, 4.69) is 5.92 Å². The predicted octanol–water partition coefficient (Wildman–Crippen LogP) is 2.05. The molecule has 13 heavy (non-hydrogen) atoms. The van der Waals surface area contributed by atoms with Gasteiger partial charge >= 0.3 is 0 Å². The Morgan fingerprint density at radius 1 is 1.54 bits per heavy atom. The number of hydrogen-bond donors (Lipinski definition) is 0. The Morgan fingerprint density at radius 2 is 2.31 bits per heavy atom. The zero-order valence-electron chi connectivity index (χ0n) is 7.93. The molecule has 0 heterocycles. The number of hydrogen-bond acceptors (Lipinski definition) is 2. The van der Waals surface area contributed by atoms with E-state index in [1.165, 1.54) is 0 Å². The first kappa shape index (κ1) is 9.85. The molecule has 0 spiro atoms. The molecule has 70 valence electrons. The van der Waals surface area contributed by atoms with Crippen molar-refractivity contribution in [3.8, 4) is 12.3 Å². The van der Waals surface area contributed by atoms with Crippen molar-refractivity contribution in [1.82, 2.24) is 0 Å². The third kappa shape index (κ3) is 2.62. The Bertz CT molecular complexity index is 268. The number of allylic oxidation sites excluding steroid dienone is 2. The molecular formula is C11H14O2. The van der Waals surface area contributed by atoms with Gasteiger partial charge in [-0.05, 0) is 13.3 Å². The summed E-state index contributed by atoms with van der Waals surface area (Å²) in [4.78, 5) is 11.3. The van der Waals surface area contributed by atoms with Crippen molar-refractivity contribution in [2.75, 3.05) is 6.61 Å². The quantitative estimate of drug-likeness (QED) is 0.488. The third-order valence-electron chi connectivity index (χ3n) is 2.17. The second-order valence-electron chi connectivity index (χ2n) is 3.13. The number of ether oxygens (including phenoxy) is 1. The van der Waals surface area contributed by atoms with Gasteiger partial charge in [0.1, 0.15) is 5.76 Å². The highest BCUT2D eigenvalue weighted by Crippen LogP contribution is 2.22. The molecule has 0 aromatic rings. The summed E-state index contributed by atoms with van der Waals surface area (Å²) in [6.07, 6.45) is 8.14. The van der Waals surface area contributed by atoms with E-state index in [-0.39, 0.29) is 5.78 Å². The van der Waals surface area contributed by atoms with Gasteiger partial charge in [0.2, 0.25) is 0 Å². The molecule has 1 rings (SSSR count). The van der Waals surface area contributed by atoms with Crippen LogP contribution >= 0.6 is 0 Å². The zero-order valence-corrected chi connectivity index (χ0v) is 7.93. The smallest absolute Gasteiger partial charge is 0.161 e. The third-order valence-corrected chi connectivity index (χ3v) is 2.17. The maximum Gasteiger partial charge on any atom is 0.161 e. The van der Waals surface area contributed by atoms with Crippen molar-refractivity contribution in [3.63, 3.8) is 0 Å². The highest BCUT2D eigenvalue weighted by molar-refractivity contribution is 5.95. The van der Waals surface area contributed by atoms with Gasteiger partial charge in [0, 0.05) is 24.8 Å². The van der Waals surface area contributed by atoms with E-state index in [4.69, 9.17) is 11.2 Å². The molecule has 2 nitrogen and oxygen atoms in total. The van der Waals surface area contributed by atoms with Crippen LogP contribution in [0.3, 0.4) is 0 Å². The van der Waals surface area contributed by atoms with E-state index in [0.717, 1.165) is 24.2 Å². The molecule has 1 aliphatic carbocycles. The summed E-state index contributed by atoms with van der Waals surface area (Å²) in [7, 11) is 0. The Kier molecular flexibility index (Phi) is 3.57. The SMILES string of the molecule is C#CCCOC1=C(C)C(=O)CCC1. The summed E-state index contributed by atoms with van der Waals surface area (Å²) < 4.78 is 5.42. The normalized spacial score (nSPS) is 17.1. The molecule has 2 heteroatoms. The fourth-order valence-electron chi connectivity index (χ4n) is 1.35. The number of rotatable bonds is 3. The standard InChI is InChI=1S/C11H14O2/c1-3-4-8-13-11-7-5-6-10(12)9(11)2/h1H,4-8H2,2H3. The van der Waals surface area contributed by atoms with Crippen molar-refractivity contribution in [2.24, 2.45) is 0 Å². The lowest BCUT2D eigenvalue weighted by Gasteiger charge is -2.16. The van der Waals surface area contributed by atoms with E-state index in [0.29, 0.717) is 19.4 Å². The second kappa shape index (κ2) is 4.71. The van der Waals surface area contributed by atoms with Crippen LogP contribution in [-0.2, 0) is 9.53 Å². The lowest BCUT2D eigenvalue weighted by atomic mass is 9.98. The summed E-state index contributed by atoms with van der Waals surface area (Å²) in [6.45, 7) is 2.35. The molecular weight excluding hydrogens is 164 g/mol. The van der Waals surface area contributed by atoms with Crippen LogP contribution in [0.1, 0.15) is 32.6 Å². The van der Waals surface area contributed by atoms with Crippen molar-refractivity contribution >= 4 is 5.78 Å². The predicted molar refractivity (Wildman–Crippen MR) is 51.0 cm³/mol. The van der Waals surface area contributed by atoms with Crippen LogP contribution in [0.15, 0.2) is 11.3 Å². The summed E-state index contributed by atoms with van der Waals surface area (Å²) >= 11 is 0. The minimum absolute atomic E-state index is 0.210. The lowest BCUT2D eigenvalue weighted by molar-refractivity contribution is -0.116. The molecule has 0 radical (unpaired) electrons. The molecule has 1 aliphatic rings. The van der Waals surface area contributed by atoms with E-state index in [1.807, 2.05) is 6.92 Å². The van der Waals surface area contributed by atoms with Crippen molar-refractivity contribution < 1.29 is 9.53 Å². The Hall–Kier alpha value is -1.23. The summed E-state index contributed by atoms with van der Waals surface area (Å²) in [5.41, 5.74) is 0.781. The van der Waals surface area contributed by atoms with Crippen LogP contribution in [0, 0.1) is 12.3 Å². The minimum Gasteiger partial charge on any atom is -0.497 e. The highest BCUT2D eigenvalue weighted by Gasteiger charge is 2.17. The van der Waals surface area contributed by atoms with Gasteiger partial charge in [-0.25, -0.2) is 0 Å². The van der Waals surface area contributed by atoms with Crippen LogP contribution in [-0.4, -0.2) is 12.4 Å². The van der Waals surface area contributed by atoms with Gasteiger partial charge in [0.25, 0.3) is 0 Å². The maximum absolute atomic E-state index is 11.3. The highest BCUT2D eigenvalue weighted by atomic mass is 16.5. The molecule has 0 fully saturated rings. The molecule has 0 bridgehead atoms. The molecule has 0 aromatic heterocycles. The molecule has 0 amide bonds. The van der Waals surface area contributed by atoms with Gasteiger partial charge in [0.15, 0.2) is 5.78 Å². The van der Waals surface area contributed by atoms with Gasteiger partial charge in [0.05, 0.1) is 6.61 Å². The van der Waals surface area contributed by atoms with Crippen LogP contribution in [0.25, 0.3) is 0 Å². The van der Waals surface area contributed by atoms with Crippen LogP contribution in [0.2, 0.25) is 0 Å². The van der Waals surface area contributed by atoms with Gasteiger partial charge in [-0.1, -0.05) is 0 Å². The van der Waals surface area contributed by atoms with Crippen LogP contribution < -0.4 is 0 Å². The fourth-order valence-corrected chi connectivity index (χ4v) is 1.35. The van der Waals surface area contributed by atoms with Crippen LogP contribution in [0.4, 0.5) is 0 Å². The number of terminal acetylenes is 1. The van der Waals surface area contributed by atoms with E-state index in [9.17, 15) is 4.79 Å². The van der Waals surface area contributed by atoms with E-state index >= 15 is 0 Å². The van der Waals surface area contributed by atoms with Crippen molar-refractivity contribution in [2.45, 2.75) is 32.6 Å². The van der Waals surface area contributed by atoms with Crippen LogP contribution in [0.5, 0.6) is 0 Å². The summed E-state index contributed by atoms with van der Waals surface area (Å²) in [5.74, 6) is 3.55. The van der Waals surface area contributed by atoms with Gasteiger partial charge < -0.3 is 4.74 Å². The molecule has 0 atom stereocenters. The van der Waals surface area contributed by atoms with E-state index in [1.54, 1.807) is 0 Å². The van der Waals surface area contributed by atoms with Crippen molar-refractivity contribution in [1.29, 1.82) is 0 Å². The molecule has 0 N–H and O–H groups in total. The summed E-state index contributed by atoms with van der Waals surface area (Å²) in [6, 6.07) is 0. The number of Topliss-reactive ketones (excluding diaryl/α,β-unsaturated/α-hetero) is 1. The minimum atomic E-state index is 0.210. The Balaban J connectivity index is 2.52. The Labute approximate surface area is 79.0 Å². The average Bonchev–Trinajstić information content (AvgIpc) is 2.13. The molecule has 0 aromatic carbocycles. The average molecular weight is 178 g/mol. The van der Waals surface area contributed by atoms with Gasteiger partial charge in [-0.15, -0.1) is 12.3 Å². The first-order valence-electron chi connectivity index (χ1n) is 4.55. The lowest BCUT2D eigenvalue weighted by Crippen LogP contribution is -2.11. The Morgan fingerprint density at radius 3 is 3.00 bits per heavy atom. The van der Waals surface area contributed by atoms with E-state index < -0.39 is 0 Å². The fraction of sp³-hybridized carbons (Fsp3) is 0.545. The molecule has 0 aliphatic heterocycles. The molecule has 0 saturated carbocycles. The number of ketones is 1. The molecule has 0 unspecified atom stereocenters. The second-order valence-corrected chi connectivity index (χ2v) is 3.13. The number of carbonyl (C=O) groups is 1. The first-order valence-corrected chi connectivity index (χ1v) is 4.55. The monoisotopic (exact) mass is 178 g/mol. The number of carbonyl (C=O) groups excluding carboxylic acids is 1. The maximum atomic E-state index is 11.3. The van der Waals surface area contributed by atoms with Gasteiger partial charge in [-0.2, -0.15) is 0 Å². The summed E-state index contributed by atoms with van der Waals surface area (Å²) in [5, 5.41) is 0.